The van der Waals surface area contributed by atoms with E-state index in [1.54, 1.807) is 0 Å². The molecule has 1 aromatic rings. The first-order valence-corrected chi connectivity index (χ1v) is 7.41. The molecule has 3 heteroatoms. The quantitative estimate of drug-likeness (QED) is 0.788. The largest absolute Gasteiger partial charge is 0.250 e. The first-order chi connectivity index (χ1) is 10.1. The van der Waals surface area contributed by atoms with Crippen molar-refractivity contribution in [3.63, 3.8) is 0 Å². The molecule has 0 fully saturated rings. The molecule has 2 N–H and O–H groups in total. The zero-order valence-electron chi connectivity index (χ0n) is 12.2. The average molecular weight is 294 g/mol. The molecule has 0 aromatic carbocycles. The van der Waals surface area contributed by atoms with Gasteiger partial charge in [0.05, 0.1) is 12.1 Å². The lowest BCUT2D eigenvalue weighted by atomic mass is 10.0. The highest BCUT2D eigenvalue weighted by Crippen LogP contribution is 2.16. The number of aromatic amines is 1. The standard InChI is InChI=1S/C18H16N2S/c1-13-11-17(12-14(2)19-13)20-9-7-16(8-10-20)15-3-5-18(21)6-4-15/h3-12H,1-2H3/p+2. The Labute approximate surface area is 130 Å². The van der Waals surface area contributed by atoms with Crippen molar-refractivity contribution in [3.8, 4) is 0 Å². The lowest BCUT2D eigenvalue weighted by molar-refractivity contribution is -0.714. The maximum absolute atomic E-state index is 5.13. The van der Waals surface area contributed by atoms with Crippen LogP contribution in [0.5, 0.6) is 0 Å². The Kier molecular flexibility index (Phi) is 3.78. The van der Waals surface area contributed by atoms with Crippen LogP contribution in [0.3, 0.4) is 0 Å². The van der Waals surface area contributed by atoms with Crippen molar-refractivity contribution in [2.75, 3.05) is 0 Å². The van der Waals surface area contributed by atoms with Crippen molar-refractivity contribution in [1.29, 1.82) is 0 Å². The van der Waals surface area contributed by atoms with Gasteiger partial charge in [-0.3, -0.25) is 0 Å². The lowest BCUT2D eigenvalue weighted by Gasteiger charge is -2.14. The summed E-state index contributed by atoms with van der Waals surface area (Å²) < 4.78 is 0. The summed E-state index contributed by atoms with van der Waals surface area (Å²) in [5.41, 5.74) is 6.01. The predicted molar refractivity (Wildman–Crippen MR) is 89.3 cm³/mol. The van der Waals surface area contributed by atoms with Crippen molar-refractivity contribution in [2.24, 2.45) is 0 Å². The number of nitrogens with one attached hydrogen (secondary N) is 2. The number of quaternary nitrogens is 1. The van der Waals surface area contributed by atoms with E-state index >= 15 is 0 Å². The van der Waals surface area contributed by atoms with E-state index in [0.717, 1.165) is 4.86 Å². The third-order valence-electron chi connectivity index (χ3n) is 3.54. The van der Waals surface area contributed by atoms with E-state index in [4.69, 9.17) is 12.2 Å². The third-order valence-corrected chi connectivity index (χ3v) is 3.82. The summed E-state index contributed by atoms with van der Waals surface area (Å²) in [6.07, 6.45) is 16.8. The Morgan fingerprint density at radius 2 is 1.33 bits per heavy atom. The lowest BCUT2D eigenvalue weighted by Crippen LogP contribution is -2.97. The first kappa shape index (κ1) is 13.9. The molecule has 3 rings (SSSR count). The molecule has 0 radical (unpaired) electrons. The summed E-state index contributed by atoms with van der Waals surface area (Å²) >= 11 is 5.13. The van der Waals surface area contributed by atoms with Crippen molar-refractivity contribution in [1.82, 2.24) is 0 Å². The highest BCUT2D eigenvalue weighted by molar-refractivity contribution is 7.81. The van der Waals surface area contributed by atoms with Gasteiger partial charge in [-0.25, -0.2) is 9.88 Å². The molecule has 0 saturated heterocycles. The van der Waals surface area contributed by atoms with E-state index in [9.17, 15) is 0 Å². The van der Waals surface area contributed by atoms with E-state index in [1.165, 1.54) is 33.1 Å². The second-order valence-electron chi connectivity index (χ2n) is 5.34. The van der Waals surface area contributed by atoms with Crippen LogP contribution in [0.15, 0.2) is 72.1 Å². The molecule has 0 atom stereocenters. The summed E-state index contributed by atoms with van der Waals surface area (Å²) in [7, 11) is 0. The summed E-state index contributed by atoms with van der Waals surface area (Å²) in [6.45, 7) is 4.17. The smallest absolute Gasteiger partial charge is 0.182 e. The molecule has 1 aliphatic carbocycles. The van der Waals surface area contributed by atoms with Crippen LogP contribution in [0.2, 0.25) is 0 Å². The van der Waals surface area contributed by atoms with Crippen LogP contribution in [0.25, 0.3) is 0 Å². The molecule has 0 spiro atoms. The number of allylic oxidation sites excluding steroid dienone is 8. The van der Waals surface area contributed by atoms with Gasteiger partial charge in [-0.15, -0.1) is 0 Å². The second-order valence-corrected chi connectivity index (χ2v) is 5.81. The Balaban J connectivity index is 1.86. The van der Waals surface area contributed by atoms with Crippen LogP contribution in [0, 0.1) is 13.8 Å². The van der Waals surface area contributed by atoms with Gasteiger partial charge in [0.1, 0.15) is 12.4 Å². The van der Waals surface area contributed by atoms with Crippen LogP contribution in [-0.2, 0) is 0 Å². The Bertz CT molecular complexity index is 694. The normalized spacial score (nSPS) is 20.5. The van der Waals surface area contributed by atoms with Crippen molar-refractivity contribution >= 4 is 22.8 Å². The molecule has 0 amide bonds. The number of hydrogen-bond acceptors (Lipinski definition) is 1. The Morgan fingerprint density at radius 3 is 1.90 bits per heavy atom. The van der Waals surface area contributed by atoms with Crippen LogP contribution in [-0.4, -0.2) is 4.86 Å². The van der Waals surface area contributed by atoms with Crippen molar-refractivity contribution in [3.05, 3.63) is 83.5 Å². The number of aryl methyl sites for hydroxylation is 2. The zero-order chi connectivity index (χ0) is 14.8. The van der Waals surface area contributed by atoms with Crippen molar-refractivity contribution in [2.45, 2.75) is 13.8 Å². The highest BCUT2D eigenvalue weighted by atomic mass is 32.1. The van der Waals surface area contributed by atoms with E-state index in [2.05, 4.69) is 67.7 Å². The molecular weight excluding hydrogens is 276 g/mol. The number of rotatable bonds is 1. The number of pyridine rings is 1. The van der Waals surface area contributed by atoms with Crippen LogP contribution in [0.1, 0.15) is 11.4 Å². The monoisotopic (exact) mass is 294 g/mol. The maximum Gasteiger partial charge on any atom is 0.182 e. The van der Waals surface area contributed by atoms with Gasteiger partial charge in [-0.1, -0.05) is 24.4 Å². The van der Waals surface area contributed by atoms with Gasteiger partial charge in [0.15, 0.2) is 17.1 Å². The van der Waals surface area contributed by atoms with Gasteiger partial charge >= 0.3 is 0 Å². The van der Waals surface area contributed by atoms with Crippen LogP contribution in [0.4, 0.5) is 5.69 Å². The first-order valence-electron chi connectivity index (χ1n) is 7.00. The minimum absolute atomic E-state index is 0.877. The van der Waals surface area contributed by atoms with E-state index in [1.807, 2.05) is 12.2 Å². The van der Waals surface area contributed by atoms with Gasteiger partial charge in [0, 0.05) is 30.9 Å². The fourth-order valence-electron chi connectivity index (χ4n) is 2.56. The fraction of sp³-hybridized carbons (Fsp3) is 0.111. The maximum atomic E-state index is 5.13. The minimum atomic E-state index is 0.877. The summed E-state index contributed by atoms with van der Waals surface area (Å²) in [5.74, 6) is 0. The third kappa shape index (κ3) is 3.15. The van der Waals surface area contributed by atoms with Crippen LogP contribution < -0.4 is 9.88 Å². The fourth-order valence-corrected chi connectivity index (χ4v) is 2.70. The van der Waals surface area contributed by atoms with Crippen molar-refractivity contribution < 1.29 is 9.88 Å². The Morgan fingerprint density at radius 1 is 0.810 bits per heavy atom. The summed E-state index contributed by atoms with van der Waals surface area (Å²) in [5, 5.41) is 0. The molecule has 21 heavy (non-hydrogen) atoms. The van der Waals surface area contributed by atoms with E-state index < -0.39 is 0 Å². The molecule has 0 saturated carbocycles. The van der Waals surface area contributed by atoms with Gasteiger partial charge in [-0.05, 0) is 23.3 Å². The van der Waals surface area contributed by atoms with E-state index in [-0.39, 0.29) is 0 Å². The molecule has 0 bridgehead atoms. The molecular formula is C18H18N2S+2. The highest BCUT2D eigenvalue weighted by Gasteiger charge is 2.14. The average Bonchev–Trinajstić information content (AvgIpc) is 2.47. The van der Waals surface area contributed by atoms with Crippen LogP contribution >= 0.6 is 12.2 Å². The van der Waals surface area contributed by atoms with E-state index in [0.29, 0.717) is 0 Å². The predicted octanol–water partition coefficient (Wildman–Crippen LogP) is 2.47. The number of aromatic nitrogens is 1. The number of thiocarbonyl (C=S) groups is 1. The molecule has 104 valence electrons. The Hall–Kier alpha value is -2.10. The molecule has 0 unspecified atom stereocenters. The number of hydrogen-bond donors (Lipinski definition) is 1. The molecule has 2 nitrogen and oxygen atoms in total. The number of H-pyrrole nitrogens is 1. The molecule has 1 aliphatic heterocycles. The van der Waals surface area contributed by atoms with Gasteiger partial charge in [0.2, 0.25) is 0 Å². The molecule has 1 aromatic heterocycles. The minimum Gasteiger partial charge on any atom is -0.250 e. The summed E-state index contributed by atoms with van der Waals surface area (Å²) in [6, 6.07) is 4.35. The van der Waals surface area contributed by atoms with Gasteiger partial charge < -0.3 is 0 Å². The molecule has 2 aliphatic rings. The molecule has 2 heterocycles. The topological polar surface area (TPSA) is 18.6 Å². The van der Waals surface area contributed by atoms with Gasteiger partial charge in [-0.2, -0.15) is 0 Å². The SMILES string of the molecule is Cc1cc([NH+]2C=CC(=C3C=CC(=S)C=C3)C=C2)cc(C)[nH+]1. The summed E-state index contributed by atoms with van der Waals surface area (Å²) in [4.78, 5) is 5.42. The second kappa shape index (κ2) is 5.72. The zero-order valence-corrected chi connectivity index (χ0v) is 13.0. The van der Waals surface area contributed by atoms with Gasteiger partial charge in [0.25, 0.3) is 0 Å².